The van der Waals surface area contributed by atoms with Crippen LogP contribution in [-0.2, 0) is 20.9 Å². The summed E-state index contributed by atoms with van der Waals surface area (Å²) in [6.45, 7) is 5.07. The van der Waals surface area contributed by atoms with Gasteiger partial charge in [0.05, 0.1) is 17.2 Å². The van der Waals surface area contributed by atoms with E-state index in [-0.39, 0.29) is 36.4 Å². The Morgan fingerprint density at radius 3 is 2.66 bits per heavy atom. The van der Waals surface area contributed by atoms with Gasteiger partial charge in [-0.15, -0.1) is 0 Å². The monoisotopic (exact) mass is 529 g/mol. The molecular weight excluding hydrogens is 498 g/mol. The van der Waals surface area contributed by atoms with Crippen molar-refractivity contribution in [1.29, 1.82) is 0 Å². The van der Waals surface area contributed by atoms with Crippen molar-refractivity contribution in [1.82, 2.24) is 9.47 Å². The molecule has 2 aliphatic rings. The van der Waals surface area contributed by atoms with E-state index in [1.54, 1.807) is 6.92 Å². The molecule has 1 N–H and O–H groups in total. The van der Waals surface area contributed by atoms with E-state index in [1.807, 2.05) is 76.3 Å². The van der Waals surface area contributed by atoms with Gasteiger partial charge in [0.2, 0.25) is 5.91 Å². The second-order valence-corrected chi connectivity index (χ2v) is 10.5. The number of nitrogens with zero attached hydrogens (tertiary/aromatic N) is 3. The van der Waals surface area contributed by atoms with Crippen molar-refractivity contribution in [2.45, 2.75) is 45.7 Å². The summed E-state index contributed by atoms with van der Waals surface area (Å²) < 4.78 is 7.19. The van der Waals surface area contributed by atoms with Crippen molar-refractivity contribution in [3.63, 3.8) is 0 Å². The Balaban J connectivity index is 1.51. The molecule has 1 aromatic heterocycles. The first-order chi connectivity index (χ1) is 18.5. The molecule has 2 aromatic carbocycles. The van der Waals surface area contributed by atoms with Gasteiger partial charge in [-0.25, -0.2) is 9.79 Å². The molecule has 0 radical (unpaired) electrons. The van der Waals surface area contributed by atoms with E-state index in [0.29, 0.717) is 15.6 Å². The molecular formula is C30H31N3O4S. The average molecular weight is 530 g/mol. The van der Waals surface area contributed by atoms with Crippen LogP contribution < -0.4 is 0 Å². The van der Waals surface area contributed by atoms with Crippen molar-refractivity contribution in [2.24, 2.45) is 4.99 Å². The number of ether oxygens (including phenoxy) is 1. The summed E-state index contributed by atoms with van der Waals surface area (Å²) in [5, 5.41) is 12.5. The van der Waals surface area contributed by atoms with Crippen LogP contribution in [0.15, 0.2) is 82.0 Å². The normalized spacial score (nSPS) is 20.1. The van der Waals surface area contributed by atoms with E-state index in [1.165, 1.54) is 11.8 Å². The minimum absolute atomic E-state index is 0.0601. The lowest BCUT2D eigenvalue weighted by molar-refractivity contribution is -0.138. The highest BCUT2D eigenvalue weighted by molar-refractivity contribution is 8.18. The van der Waals surface area contributed by atoms with Gasteiger partial charge in [0, 0.05) is 35.2 Å². The van der Waals surface area contributed by atoms with Gasteiger partial charge in [-0.1, -0.05) is 48.2 Å². The molecule has 38 heavy (non-hydrogen) atoms. The summed E-state index contributed by atoms with van der Waals surface area (Å²) in [7, 11) is 0. The largest absolute Gasteiger partial charge is 0.506 e. The fraction of sp³-hybridized carbons (Fsp3) is 0.300. The molecule has 0 aliphatic carbocycles. The molecule has 1 atom stereocenters. The Kier molecular flexibility index (Phi) is 7.69. The van der Waals surface area contributed by atoms with E-state index in [4.69, 9.17) is 4.74 Å². The summed E-state index contributed by atoms with van der Waals surface area (Å²) in [4.78, 5) is 33.1. The summed E-state index contributed by atoms with van der Waals surface area (Å²) in [6, 6.07) is 17.4. The SMILES string of the molecule is CCOC(=O)C1=C(O)/C(=C/c2cn(CC(=O)N3CCCC[C@@H]3C)c3ccccc23)SC1=Nc1ccccc1. The molecule has 196 valence electrons. The highest BCUT2D eigenvalue weighted by Gasteiger charge is 2.33. The fourth-order valence-electron chi connectivity index (χ4n) is 4.98. The molecule has 5 rings (SSSR count). The number of fused-ring (bicyclic) bond motifs is 1. The summed E-state index contributed by atoms with van der Waals surface area (Å²) in [6.07, 6.45) is 7.02. The molecule has 1 amide bonds. The molecule has 0 bridgehead atoms. The number of aliphatic hydroxyl groups is 1. The number of hydrogen-bond donors (Lipinski definition) is 1. The lowest BCUT2D eigenvalue weighted by atomic mass is 10.0. The van der Waals surface area contributed by atoms with Crippen LogP contribution in [0.25, 0.3) is 17.0 Å². The summed E-state index contributed by atoms with van der Waals surface area (Å²) >= 11 is 1.23. The van der Waals surface area contributed by atoms with Gasteiger partial charge in [0.25, 0.3) is 0 Å². The first kappa shape index (κ1) is 25.9. The molecule has 1 fully saturated rings. The predicted octanol–water partition coefficient (Wildman–Crippen LogP) is 6.24. The predicted molar refractivity (Wildman–Crippen MR) is 152 cm³/mol. The molecule has 2 aliphatic heterocycles. The Labute approximate surface area is 226 Å². The number of carbonyl (C=O) groups excluding carboxylic acids is 2. The number of aliphatic hydroxyl groups excluding tert-OH is 1. The zero-order valence-corrected chi connectivity index (χ0v) is 22.4. The number of esters is 1. The van der Waals surface area contributed by atoms with Crippen LogP contribution in [0.3, 0.4) is 0 Å². The number of amides is 1. The maximum atomic E-state index is 13.2. The first-order valence-electron chi connectivity index (χ1n) is 13.0. The highest BCUT2D eigenvalue weighted by atomic mass is 32.2. The Hall–Kier alpha value is -3.78. The molecule has 8 heteroatoms. The van der Waals surface area contributed by atoms with Crippen molar-refractivity contribution in [2.75, 3.05) is 13.2 Å². The number of piperidine rings is 1. The van der Waals surface area contributed by atoms with Crippen molar-refractivity contribution >= 4 is 51.3 Å². The third-order valence-electron chi connectivity index (χ3n) is 6.89. The summed E-state index contributed by atoms with van der Waals surface area (Å²) in [5.41, 5.74) is 2.52. The van der Waals surface area contributed by atoms with Crippen LogP contribution in [0.1, 0.15) is 38.7 Å². The first-order valence-corrected chi connectivity index (χ1v) is 13.8. The second-order valence-electron chi connectivity index (χ2n) is 9.47. The maximum absolute atomic E-state index is 13.2. The number of hydrogen-bond acceptors (Lipinski definition) is 6. The van der Waals surface area contributed by atoms with Gasteiger partial charge >= 0.3 is 5.97 Å². The lowest BCUT2D eigenvalue weighted by Crippen LogP contribution is -2.43. The molecule has 0 spiro atoms. The van der Waals surface area contributed by atoms with Crippen LogP contribution in [0.4, 0.5) is 5.69 Å². The standard InChI is InChI=1S/C30H31N3O4S/c1-3-37-30(36)27-28(35)25(38-29(27)31-22-12-5-4-6-13-22)17-21-18-32(24-15-8-7-14-23(21)24)19-26(34)33-16-10-9-11-20(33)2/h4-8,12-15,17-18,20,35H,3,9-11,16,19H2,1-2H3/b25-17-,31-29?/t20-/m0/s1. The van der Waals surface area contributed by atoms with E-state index in [0.717, 1.165) is 42.3 Å². The average Bonchev–Trinajstić information content (AvgIpc) is 3.41. The zero-order chi connectivity index (χ0) is 26.6. The molecule has 0 unspecified atom stereocenters. The number of rotatable bonds is 6. The van der Waals surface area contributed by atoms with E-state index >= 15 is 0 Å². The Bertz CT molecular complexity index is 1450. The number of likely N-dealkylation sites (tertiary alicyclic amines) is 1. The number of aliphatic imine (C=N–C) groups is 1. The third-order valence-corrected chi connectivity index (χ3v) is 7.91. The van der Waals surface area contributed by atoms with Gasteiger partial charge < -0.3 is 19.3 Å². The Morgan fingerprint density at radius 1 is 1.13 bits per heavy atom. The number of para-hydroxylation sites is 2. The van der Waals surface area contributed by atoms with Crippen molar-refractivity contribution in [3.8, 4) is 0 Å². The smallest absolute Gasteiger partial charge is 0.344 e. The maximum Gasteiger partial charge on any atom is 0.344 e. The third kappa shape index (κ3) is 5.27. The van der Waals surface area contributed by atoms with Crippen LogP contribution in [0.5, 0.6) is 0 Å². The van der Waals surface area contributed by atoms with Gasteiger partial charge in [-0.3, -0.25) is 4.79 Å². The molecule has 3 aromatic rings. The van der Waals surface area contributed by atoms with E-state index < -0.39 is 5.97 Å². The fourth-order valence-corrected chi connectivity index (χ4v) is 6.01. The quantitative estimate of drug-likeness (QED) is 0.383. The minimum Gasteiger partial charge on any atom is -0.506 e. The number of thioether (sulfide) groups is 1. The number of carbonyl (C=O) groups is 2. The molecule has 0 saturated carbocycles. The van der Waals surface area contributed by atoms with Crippen molar-refractivity contribution in [3.05, 3.63) is 82.6 Å². The van der Waals surface area contributed by atoms with Crippen molar-refractivity contribution < 1.29 is 19.4 Å². The number of aromatic nitrogens is 1. The molecule has 7 nitrogen and oxygen atoms in total. The molecule has 3 heterocycles. The number of benzene rings is 2. The Morgan fingerprint density at radius 2 is 1.89 bits per heavy atom. The van der Waals surface area contributed by atoms with Crippen LogP contribution in [0.2, 0.25) is 0 Å². The van der Waals surface area contributed by atoms with E-state index in [9.17, 15) is 14.7 Å². The zero-order valence-electron chi connectivity index (χ0n) is 21.6. The second kappa shape index (κ2) is 11.3. The van der Waals surface area contributed by atoms with E-state index in [2.05, 4.69) is 11.9 Å². The van der Waals surface area contributed by atoms with Crippen LogP contribution in [0, 0.1) is 0 Å². The highest BCUT2D eigenvalue weighted by Crippen LogP contribution is 2.41. The van der Waals surface area contributed by atoms with Gasteiger partial charge in [0.1, 0.15) is 22.9 Å². The molecule has 1 saturated heterocycles. The topological polar surface area (TPSA) is 84.1 Å². The van der Waals surface area contributed by atoms with Crippen LogP contribution >= 0.6 is 11.8 Å². The summed E-state index contributed by atoms with van der Waals surface area (Å²) in [5.74, 6) is -0.658. The van der Waals surface area contributed by atoms with Gasteiger partial charge in [0.15, 0.2) is 0 Å². The minimum atomic E-state index is -0.612. The van der Waals surface area contributed by atoms with Crippen LogP contribution in [-0.4, -0.2) is 50.7 Å². The van der Waals surface area contributed by atoms with Gasteiger partial charge in [-0.2, -0.15) is 0 Å². The lowest BCUT2D eigenvalue weighted by Gasteiger charge is -2.33. The van der Waals surface area contributed by atoms with Gasteiger partial charge in [-0.05, 0) is 57.4 Å².